The van der Waals surface area contributed by atoms with Crippen LogP contribution in [0.4, 0.5) is 11.6 Å². The molecule has 0 aliphatic carbocycles. The maximum atomic E-state index is 12.4. The number of benzene rings is 1. The van der Waals surface area contributed by atoms with Gasteiger partial charge in [0.05, 0.1) is 6.61 Å². The van der Waals surface area contributed by atoms with Crippen molar-refractivity contribution in [2.75, 3.05) is 29.9 Å². The summed E-state index contributed by atoms with van der Waals surface area (Å²) in [5, 5.41) is 2.82. The number of hydrogen-bond donors (Lipinski definition) is 1. The van der Waals surface area contributed by atoms with Crippen molar-refractivity contribution in [3.05, 3.63) is 46.4 Å². The summed E-state index contributed by atoms with van der Waals surface area (Å²) >= 11 is 0. The molecule has 1 aliphatic heterocycles. The summed E-state index contributed by atoms with van der Waals surface area (Å²) in [6, 6.07) is 8.62. The molecule has 0 spiro atoms. The molecule has 0 bridgehead atoms. The van der Waals surface area contributed by atoms with E-state index in [1.807, 2.05) is 6.92 Å². The molecular formula is C19H24N4O3. The largest absolute Gasteiger partial charge is 0.494 e. The van der Waals surface area contributed by atoms with Gasteiger partial charge in [0.25, 0.3) is 5.56 Å². The summed E-state index contributed by atoms with van der Waals surface area (Å²) in [6.07, 6.45) is 2.14. The summed E-state index contributed by atoms with van der Waals surface area (Å²) in [5.41, 5.74) is 1.12. The SMILES string of the molecule is CCOc1ccc(NC(=O)Cn2c(N3CCCC3)nc(C)cc2=O)cc1. The number of carbonyl (C=O) groups excluding carboxylic acids is 1. The molecule has 3 rings (SSSR count). The van der Waals surface area contributed by atoms with Gasteiger partial charge in [-0.2, -0.15) is 0 Å². The number of aromatic nitrogens is 2. The summed E-state index contributed by atoms with van der Waals surface area (Å²) in [5.74, 6) is 1.07. The molecule has 1 aromatic carbocycles. The van der Waals surface area contributed by atoms with E-state index < -0.39 is 0 Å². The first-order valence-electron chi connectivity index (χ1n) is 8.93. The Balaban J connectivity index is 1.75. The van der Waals surface area contributed by atoms with Crippen LogP contribution in [0.2, 0.25) is 0 Å². The van der Waals surface area contributed by atoms with Crippen molar-refractivity contribution in [1.82, 2.24) is 9.55 Å². The second-order valence-corrected chi connectivity index (χ2v) is 6.32. The number of nitrogens with zero attached hydrogens (tertiary/aromatic N) is 3. The lowest BCUT2D eigenvalue weighted by atomic mass is 10.3. The van der Waals surface area contributed by atoms with E-state index >= 15 is 0 Å². The Hall–Kier alpha value is -2.83. The van der Waals surface area contributed by atoms with Crippen LogP contribution in [0.25, 0.3) is 0 Å². The smallest absolute Gasteiger partial charge is 0.255 e. The third-order valence-corrected chi connectivity index (χ3v) is 4.26. The Labute approximate surface area is 152 Å². The fourth-order valence-electron chi connectivity index (χ4n) is 3.06. The van der Waals surface area contributed by atoms with Gasteiger partial charge in [-0.25, -0.2) is 4.98 Å². The molecule has 7 nitrogen and oxygen atoms in total. The Kier molecular flexibility index (Phi) is 5.55. The van der Waals surface area contributed by atoms with Crippen molar-refractivity contribution in [3.8, 4) is 5.75 Å². The lowest BCUT2D eigenvalue weighted by molar-refractivity contribution is -0.116. The average molecular weight is 356 g/mol. The number of amides is 1. The summed E-state index contributed by atoms with van der Waals surface area (Å²) in [4.78, 5) is 31.4. The fourth-order valence-corrected chi connectivity index (χ4v) is 3.06. The van der Waals surface area contributed by atoms with E-state index in [2.05, 4.69) is 15.2 Å². The van der Waals surface area contributed by atoms with Gasteiger partial charge in [0, 0.05) is 30.5 Å². The van der Waals surface area contributed by atoms with Crippen LogP contribution in [0.3, 0.4) is 0 Å². The lowest BCUT2D eigenvalue weighted by Crippen LogP contribution is -2.34. The molecule has 2 aromatic rings. The van der Waals surface area contributed by atoms with Crippen molar-refractivity contribution >= 4 is 17.5 Å². The van der Waals surface area contributed by atoms with Crippen molar-refractivity contribution in [2.24, 2.45) is 0 Å². The second kappa shape index (κ2) is 8.03. The highest BCUT2D eigenvalue weighted by molar-refractivity contribution is 5.90. The monoisotopic (exact) mass is 356 g/mol. The maximum absolute atomic E-state index is 12.4. The van der Waals surface area contributed by atoms with Crippen LogP contribution in [0, 0.1) is 6.92 Å². The molecule has 7 heteroatoms. The molecule has 0 radical (unpaired) electrons. The van der Waals surface area contributed by atoms with Crippen LogP contribution < -0.4 is 20.5 Å². The molecule has 1 N–H and O–H groups in total. The molecule has 0 atom stereocenters. The number of aryl methyl sites for hydroxylation is 1. The Morgan fingerprint density at radius 1 is 1.23 bits per heavy atom. The van der Waals surface area contributed by atoms with Gasteiger partial charge >= 0.3 is 0 Å². The van der Waals surface area contributed by atoms with Gasteiger partial charge in [0.1, 0.15) is 12.3 Å². The van der Waals surface area contributed by atoms with Crippen LogP contribution in [-0.2, 0) is 11.3 Å². The van der Waals surface area contributed by atoms with E-state index in [0.29, 0.717) is 23.9 Å². The normalized spacial score (nSPS) is 13.7. The standard InChI is InChI=1S/C19H24N4O3/c1-3-26-16-8-6-15(7-9-16)21-17(24)13-23-18(25)12-14(2)20-19(23)22-10-4-5-11-22/h6-9,12H,3-5,10-11,13H2,1-2H3,(H,21,24). The van der Waals surface area contributed by atoms with Gasteiger partial charge in [0.2, 0.25) is 11.9 Å². The Morgan fingerprint density at radius 3 is 2.58 bits per heavy atom. The predicted molar refractivity (Wildman–Crippen MR) is 101 cm³/mol. The van der Waals surface area contributed by atoms with E-state index in [-0.39, 0.29) is 18.0 Å². The number of hydrogen-bond acceptors (Lipinski definition) is 5. The Bertz CT molecular complexity index is 824. The molecule has 1 saturated heterocycles. The number of ether oxygens (including phenoxy) is 1. The third-order valence-electron chi connectivity index (χ3n) is 4.26. The van der Waals surface area contributed by atoms with Gasteiger partial charge in [-0.15, -0.1) is 0 Å². The van der Waals surface area contributed by atoms with Crippen molar-refractivity contribution in [1.29, 1.82) is 0 Å². The molecule has 1 fully saturated rings. The second-order valence-electron chi connectivity index (χ2n) is 6.32. The van der Waals surface area contributed by atoms with Gasteiger partial charge in [0.15, 0.2) is 0 Å². The zero-order valence-corrected chi connectivity index (χ0v) is 15.2. The molecule has 0 saturated carbocycles. The van der Waals surface area contributed by atoms with Crippen LogP contribution in [0.15, 0.2) is 35.1 Å². The molecule has 1 amide bonds. The van der Waals surface area contributed by atoms with Crippen LogP contribution in [-0.4, -0.2) is 35.2 Å². The molecular weight excluding hydrogens is 332 g/mol. The lowest BCUT2D eigenvalue weighted by Gasteiger charge is -2.21. The molecule has 1 aromatic heterocycles. The topological polar surface area (TPSA) is 76.5 Å². The predicted octanol–water partition coefficient (Wildman–Crippen LogP) is 2.19. The zero-order chi connectivity index (χ0) is 18.5. The van der Waals surface area contributed by atoms with E-state index in [4.69, 9.17) is 4.74 Å². The van der Waals surface area contributed by atoms with Gasteiger partial charge in [-0.05, 0) is 51.0 Å². The minimum atomic E-state index is -0.262. The fraction of sp³-hybridized carbons (Fsp3) is 0.421. The highest BCUT2D eigenvalue weighted by Gasteiger charge is 2.20. The number of rotatable bonds is 6. The molecule has 2 heterocycles. The number of carbonyl (C=O) groups is 1. The average Bonchev–Trinajstić information content (AvgIpc) is 3.13. The van der Waals surface area contributed by atoms with E-state index in [1.165, 1.54) is 10.6 Å². The van der Waals surface area contributed by atoms with Crippen LogP contribution in [0.5, 0.6) is 5.75 Å². The summed E-state index contributed by atoms with van der Waals surface area (Å²) in [6.45, 7) is 5.96. The highest BCUT2D eigenvalue weighted by atomic mass is 16.5. The van der Waals surface area contributed by atoms with Crippen molar-refractivity contribution < 1.29 is 9.53 Å². The van der Waals surface area contributed by atoms with Crippen LogP contribution >= 0.6 is 0 Å². The molecule has 138 valence electrons. The first-order valence-corrected chi connectivity index (χ1v) is 8.93. The van der Waals surface area contributed by atoms with Crippen LogP contribution in [0.1, 0.15) is 25.5 Å². The minimum absolute atomic E-state index is 0.0643. The summed E-state index contributed by atoms with van der Waals surface area (Å²) in [7, 11) is 0. The van der Waals surface area contributed by atoms with Crippen molar-refractivity contribution in [2.45, 2.75) is 33.2 Å². The first kappa shape index (κ1) is 18.0. The van der Waals surface area contributed by atoms with E-state index in [0.717, 1.165) is 31.7 Å². The summed E-state index contributed by atoms with van der Waals surface area (Å²) < 4.78 is 6.84. The first-order chi connectivity index (χ1) is 12.6. The number of nitrogens with one attached hydrogen (secondary N) is 1. The third kappa shape index (κ3) is 4.22. The molecule has 26 heavy (non-hydrogen) atoms. The van der Waals surface area contributed by atoms with E-state index in [9.17, 15) is 9.59 Å². The Morgan fingerprint density at radius 2 is 1.92 bits per heavy atom. The quantitative estimate of drug-likeness (QED) is 0.859. The zero-order valence-electron chi connectivity index (χ0n) is 15.2. The van der Waals surface area contributed by atoms with Crippen molar-refractivity contribution in [3.63, 3.8) is 0 Å². The minimum Gasteiger partial charge on any atom is -0.494 e. The highest BCUT2D eigenvalue weighted by Crippen LogP contribution is 2.18. The molecule has 1 aliphatic rings. The number of anilines is 2. The molecule has 0 unspecified atom stereocenters. The van der Waals surface area contributed by atoms with Gasteiger partial charge < -0.3 is 15.0 Å². The maximum Gasteiger partial charge on any atom is 0.255 e. The van der Waals surface area contributed by atoms with Gasteiger partial charge in [-0.1, -0.05) is 0 Å². The van der Waals surface area contributed by atoms with E-state index in [1.54, 1.807) is 31.2 Å². The van der Waals surface area contributed by atoms with Gasteiger partial charge in [-0.3, -0.25) is 14.2 Å².